The third-order valence-electron chi connectivity index (χ3n) is 3.60. The molecule has 0 aliphatic heterocycles. The molecule has 1 aromatic carbocycles. The van der Waals surface area contributed by atoms with Gasteiger partial charge in [-0.2, -0.15) is 0 Å². The summed E-state index contributed by atoms with van der Waals surface area (Å²) in [6.07, 6.45) is 0. The van der Waals surface area contributed by atoms with Crippen molar-refractivity contribution in [1.82, 2.24) is 10.1 Å². The Kier molecular flexibility index (Phi) is 3.61. The van der Waals surface area contributed by atoms with E-state index in [-0.39, 0.29) is 23.8 Å². The molecule has 3 N–H and O–H groups in total. The summed E-state index contributed by atoms with van der Waals surface area (Å²) < 4.78 is 9.76. The number of H-pyrrole nitrogens is 1. The number of carbonyl (C=O) groups excluding carboxylic acids is 2. The molecule has 0 fully saturated rings. The van der Waals surface area contributed by atoms with Crippen LogP contribution in [0.3, 0.4) is 0 Å². The van der Waals surface area contributed by atoms with Gasteiger partial charge in [-0.3, -0.25) is 4.79 Å². The number of anilines is 1. The number of hydrogen-bond donors (Lipinski definition) is 2. The first kappa shape index (κ1) is 14.8. The lowest BCUT2D eigenvalue weighted by Crippen LogP contribution is -2.16. The van der Waals surface area contributed by atoms with E-state index in [0.29, 0.717) is 11.3 Å². The fraction of sp³-hybridized carbons (Fsp3) is 0.188. The van der Waals surface area contributed by atoms with Gasteiger partial charge in [0, 0.05) is 22.2 Å². The molecule has 0 radical (unpaired) electrons. The number of rotatable bonds is 4. The van der Waals surface area contributed by atoms with Crippen LogP contribution in [0.25, 0.3) is 10.9 Å². The molecule has 0 saturated carbocycles. The summed E-state index contributed by atoms with van der Waals surface area (Å²) in [5.74, 6) is -1.14. The van der Waals surface area contributed by atoms with Crippen LogP contribution in [0.1, 0.15) is 32.1 Å². The molecule has 23 heavy (non-hydrogen) atoms. The van der Waals surface area contributed by atoms with Gasteiger partial charge in [-0.1, -0.05) is 23.4 Å². The summed E-state index contributed by atoms with van der Waals surface area (Å²) in [6, 6.07) is 7.45. The maximum Gasteiger partial charge on any atom is 0.346 e. The van der Waals surface area contributed by atoms with Gasteiger partial charge in [0.1, 0.15) is 5.56 Å². The van der Waals surface area contributed by atoms with Crippen molar-refractivity contribution < 1.29 is 18.8 Å². The zero-order chi connectivity index (χ0) is 16.6. The molecule has 0 unspecified atom stereocenters. The highest BCUT2D eigenvalue weighted by atomic mass is 16.5. The standard InChI is InChI=1S/C16H15N3O4/c1-8-13(10-5-3-4-6-11(10)18-8)12(20)7-22-16(21)14-9(2)19-23-15(14)17/h3-6,18H,7,17H2,1-2H3. The Balaban J connectivity index is 1.79. The van der Waals surface area contributed by atoms with Crippen LogP contribution >= 0.6 is 0 Å². The van der Waals surface area contributed by atoms with Gasteiger partial charge >= 0.3 is 5.97 Å². The van der Waals surface area contributed by atoms with Gasteiger partial charge in [0.15, 0.2) is 6.61 Å². The van der Waals surface area contributed by atoms with Crippen LogP contribution in [0.5, 0.6) is 0 Å². The number of nitrogens with two attached hydrogens (primary N) is 1. The van der Waals surface area contributed by atoms with E-state index in [1.54, 1.807) is 13.8 Å². The Hall–Kier alpha value is -3.09. The summed E-state index contributed by atoms with van der Waals surface area (Å²) >= 11 is 0. The number of carbonyl (C=O) groups is 2. The molecule has 0 atom stereocenters. The summed E-state index contributed by atoms with van der Waals surface area (Å²) in [7, 11) is 0. The number of nitrogens with one attached hydrogen (secondary N) is 1. The smallest absolute Gasteiger partial charge is 0.346 e. The number of aromatic amines is 1. The van der Waals surface area contributed by atoms with Crippen molar-refractivity contribution >= 4 is 28.5 Å². The Morgan fingerprint density at radius 3 is 2.70 bits per heavy atom. The van der Waals surface area contributed by atoms with Crippen LogP contribution in [-0.4, -0.2) is 28.5 Å². The van der Waals surface area contributed by atoms with Gasteiger partial charge in [-0.25, -0.2) is 4.79 Å². The fourth-order valence-corrected chi connectivity index (χ4v) is 2.55. The number of aryl methyl sites for hydroxylation is 2. The number of Topliss-reactive ketones (excluding diaryl/α,β-unsaturated/α-hetero) is 1. The monoisotopic (exact) mass is 313 g/mol. The molecule has 2 heterocycles. The predicted molar refractivity (Wildman–Crippen MR) is 83.3 cm³/mol. The SMILES string of the molecule is Cc1noc(N)c1C(=O)OCC(=O)c1c(C)[nH]c2ccccc12. The Bertz CT molecular complexity index is 888. The largest absolute Gasteiger partial charge is 0.453 e. The Morgan fingerprint density at radius 1 is 1.26 bits per heavy atom. The molecule has 7 nitrogen and oxygen atoms in total. The van der Waals surface area contributed by atoms with E-state index >= 15 is 0 Å². The molecular weight excluding hydrogens is 298 g/mol. The van der Waals surface area contributed by atoms with Crippen molar-refractivity contribution in [3.05, 3.63) is 46.8 Å². The number of hydrogen-bond acceptors (Lipinski definition) is 6. The quantitative estimate of drug-likeness (QED) is 0.565. The van der Waals surface area contributed by atoms with Gasteiger partial charge < -0.3 is 20.0 Å². The second-order valence-corrected chi connectivity index (χ2v) is 5.18. The molecule has 0 amide bonds. The second kappa shape index (κ2) is 5.60. The summed E-state index contributed by atoms with van der Waals surface area (Å²) in [4.78, 5) is 27.6. The van der Waals surface area contributed by atoms with E-state index in [1.807, 2.05) is 24.3 Å². The Labute approximate surface area is 131 Å². The summed E-state index contributed by atoms with van der Waals surface area (Å²) in [5, 5.41) is 4.38. The Morgan fingerprint density at radius 2 is 2.00 bits per heavy atom. The molecule has 118 valence electrons. The lowest BCUT2D eigenvalue weighted by atomic mass is 10.1. The van der Waals surface area contributed by atoms with E-state index in [1.165, 1.54) is 0 Å². The first-order chi connectivity index (χ1) is 11.0. The number of nitrogens with zero attached hydrogens (tertiary/aromatic N) is 1. The maximum absolute atomic E-state index is 12.4. The number of ketones is 1. The first-order valence-electron chi connectivity index (χ1n) is 6.98. The molecule has 3 aromatic rings. The average Bonchev–Trinajstić information content (AvgIpc) is 3.03. The maximum atomic E-state index is 12.4. The van der Waals surface area contributed by atoms with E-state index < -0.39 is 5.97 Å². The third kappa shape index (κ3) is 2.57. The van der Waals surface area contributed by atoms with Crippen molar-refractivity contribution in [1.29, 1.82) is 0 Å². The van der Waals surface area contributed by atoms with Crippen molar-refractivity contribution in [3.8, 4) is 0 Å². The van der Waals surface area contributed by atoms with Crippen molar-refractivity contribution in [2.75, 3.05) is 12.3 Å². The zero-order valence-electron chi connectivity index (χ0n) is 12.7. The minimum Gasteiger partial charge on any atom is -0.453 e. The van der Waals surface area contributed by atoms with Gasteiger partial charge in [0.25, 0.3) is 0 Å². The van der Waals surface area contributed by atoms with E-state index in [9.17, 15) is 9.59 Å². The molecule has 0 aliphatic carbocycles. The molecule has 0 saturated heterocycles. The van der Waals surface area contributed by atoms with E-state index in [0.717, 1.165) is 16.6 Å². The minimum atomic E-state index is -0.730. The molecule has 0 spiro atoms. The fourth-order valence-electron chi connectivity index (χ4n) is 2.55. The molecular formula is C16H15N3O4. The van der Waals surface area contributed by atoms with E-state index in [4.69, 9.17) is 15.0 Å². The number of aromatic nitrogens is 2. The van der Waals surface area contributed by atoms with E-state index in [2.05, 4.69) is 10.1 Å². The van der Waals surface area contributed by atoms with Crippen LogP contribution < -0.4 is 5.73 Å². The summed E-state index contributed by atoms with van der Waals surface area (Å²) in [6.45, 7) is 2.99. The van der Waals surface area contributed by atoms with Crippen LogP contribution in [-0.2, 0) is 4.74 Å². The van der Waals surface area contributed by atoms with Crippen molar-refractivity contribution in [2.24, 2.45) is 0 Å². The normalized spacial score (nSPS) is 10.9. The average molecular weight is 313 g/mol. The van der Waals surface area contributed by atoms with Crippen LogP contribution in [0, 0.1) is 13.8 Å². The highest BCUT2D eigenvalue weighted by Crippen LogP contribution is 2.23. The minimum absolute atomic E-state index is 0.0495. The molecule has 2 aromatic heterocycles. The van der Waals surface area contributed by atoms with Crippen LogP contribution in [0.2, 0.25) is 0 Å². The summed E-state index contributed by atoms with van der Waals surface area (Å²) in [5.41, 5.74) is 8.00. The lowest BCUT2D eigenvalue weighted by molar-refractivity contribution is 0.0475. The van der Waals surface area contributed by atoms with Crippen LogP contribution in [0.4, 0.5) is 5.88 Å². The predicted octanol–water partition coefficient (Wildman–Crippen LogP) is 2.39. The highest BCUT2D eigenvalue weighted by Gasteiger charge is 2.22. The number of nitrogen functional groups attached to an aromatic ring is 1. The molecule has 7 heteroatoms. The highest BCUT2D eigenvalue weighted by molar-refractivity contribution is 6.10. The number of fused-ring (bicyclic) bond motifs is 1. The zero-order valence-corrected chi connectivity index (χ0v) is 12.7. The van der Waals surface area contributed by atoms with Gasteiger partial charge in [-0.15, -0.1) is 0 Å². The van der Waals surface area contributed by atoms with Gasteiger partial charge in [0.05, 0.1) is 5.69 Å². The number of benzene rings is 1. The van der Waals surface area contributed by atoms with Gasteiger partial charge in [-0.05, 0) is 19.9 Å². The molecule has 0 bridgehead atoms. The van der Waals surface area contributed by atoms with Gasteiger partial charge in [0.2, 0.25) is 11.7 Å². The lowest BCUT2D eigenvalue weighted by Gasteiger charge is -2.04. The number of ether oxygens (including phenoxy) is 1. The molecule has 0 aliphatic rings. The third-order valence-corrected chi connectivity index (χ3v) is 3.60. The van der Waals surface area contributed by atoms with Crippen LogP contribution in [0.15, 0.2) is 28.8 Å². The molecule has 3 rings (SSSR count). The first-order valence-corrected chi connectivity index (χ1v) is 6.98. The van der Waals surface area contributed by atoms with Crippen molar-refractivity contribution in [3.63, 3.8) is 0 Å². The van der Waals surface area contributed by atoms with Crippen molar-refractivity contribution in [2.45, 2.75) is 13.8 Å². The number of esters is 1. The second-order valence-electron chi connectivity index (χ2n) is 5.18. The number of para-hydroxylation sites is 1. The topological polar surface area (TPSA) is 111 Å².